The summed E-state index contributed by atoms with van der Waals surface area (Å²) in [7, 11) is 3.60. The number of hydrogen-bond donors (Lipinski definition) is 1. The molecule has 0 saturated heterocycles. The van der Waals surface area contributed by atoms with Crippen molar-refractivity contribution in [2.75, 3.05) is 20.4 Å². The highest BCUT2D eigenvalue weighted by atomic mass is 35.5. The third kappa shape index (κ3) is 6.13. The van der Waals surface area contributed by atoms with Crippen LogP contribution in [-0.2, 0) is 17.7 Å². The lowest BCUT2D eigenvalue weighted by atomic mass is 9.89. The van der Waals surface area contributed by atoms with Gasteiger partial charge in [-0.25, -0.2) is 4.39 Å². The summed E-state index contributed by atoms with van der Waals surface area (Å²) in [5, 5.41) is 4.29. The van der Waals surface area contributed by atoms with Gasteiger partial charge in [0, 0.05) is 29.6 Å². The number of nitrogens with one attached hydrogen (secondary N) is 1. The van der Waals surface area contributed by atoms with E-state index >= 15 is 0 Å². The Bertz CT molecular complexity index is 1550. The van der Waals surface area contributed by atoms with Crippen LogP contribution in [0.25, 0.3) is 21.2 Å². The Labute approximate surface area is 252 Å². The maximum atomic E-state index is 14.8. The van der Waals surface area contributed by atoms with Crippen molar-refractivity contribution in [1.29, 1.82) is 0 Å². The molecule has 5 rings (SSSR count). The number of ether oxygens (including phenoxy) is 1. The average molecular weight is 613 g/mol. The minimum atomic E-state index is -1.05. The summed E-state index contributed by atoms with van der Waals surface area (Å²) in [5.41, 5.74) is 3.67. The fraction of sp³-hybridized carbons (Fsp3) is 0.344. The van der Waals surface area contributed by atoms with Gasteiger partial charge in [0.25, 0.3) is 5.91 Å². The highest BCUT2D eigenvalue weighted by Gasteiger charge is 2.32. The zero-order valence-electron chi connectivity index (χ0n) is 23.6. The van der Waals surface area contributed by atoms with E-state index in [-0.39, 0.29) is 17.8 Å². The number of methoxy groups -OCH3 is 1. The molecule has 1 saturated carbocycles. The van der Waals surface area contributed by atoms with Crippen LogP contribution in [0.3, 0.4) is 0 Å². The molecular weight excluding hydrogens is 579 g/mol. The third-order valence-corrected chi connectivity index (χ3v) is 10.7. The van der Waals surface area contributed by atoms with Crippen LogP contribution in [0.5, 0.6) is 5.75 Å². The van der Waals surface area contributed by atoms with Crippen molar-refractivity contribution in [1.82, 2.24) is 10.2 Å². The lowest BCUT2D eigenvalue weighted by Crippen LogP contribution is -2.44. The van der Waals surface area contributed by atoms with Crippen molar-refractivity contribution in [3.05, 3.63) is 81.4 Å². The van der Waals surface area contributed by atoms with Crippen LogP contribution in [0, 0.1) is 12.7 Å². The van der Waals surface area contributed by atoms with Gasteiger partial charge in [0.1, 0.15) is 22.7 Å². The van der Waals surface area contributed by atoms with Crippen molar-refractivity contribution < 1.29 is 18.5 Å². The molecule has 1 heterocycles. The monoisotopic (exact) mass is 612 g/mol. The van der Waals surface area contributed by atoms with Gasteiger partial charge < -0.3 is 19.5 Å². The number of aryl methyl sites for hydroxylation is 1. The van der Waals surface area contributed by atoms with Crippen molar-refractivity contribution in [2.45, 2.75) is 56.1 Å². The zero-order valence-corrected chi connectivity index (χ0v) is 26.0. The molecule has 41 heavy (non-hydrogen) atoms. The van der Waals surface area contributed by atoms with Gasteiger partial charge >= 0.3 is 0 Å². The maximum Gasteiger partial charge on any atom is 0.266 e. The lowest BCUT2D eigenvalue weighted by molar-refractivity contribution is 0.0604. The molecular formula is C32H34ClFN2O3S2. The molecule has 4 aromatic rings. The summed E-state index contributed by atoms with van der Waals surface area (Å²) in [4.78, 5) is 17.3. The number of hydrogen-bond acceptors (Lipinski definition) is 5. The topological polar surface area (TPSA) is 64.6 Å². The summed E-state index contributed by atoms with van der Waals surface area (Å²) >= 11 is 6.87. The smallest absolute Gasteiger partial charge is 0.266 e. The second-order valence-electron chi connectivity index (χ2n) is 10.5. The largest absolute Gasteiger partial charge is 0.612 e. The van der Waals surface area contributed by atoms with Crippen LogP contribution in [0.4, 0.5) is 4.39 Å². The molecule has 0 aliphatic heterocycles. The molecule has 1 fully saturated rings. The predicted octanol–water partition coefficient (Wildman–Crippen LogP) is 7.59. The molecule has 1 aliphatic carbocycles. The van der Waals surface area contributed by atoms with Crippen LogP contribution in [-0.4, -0.2) is 47.9 Å². The van der Waals surface area contributed by atoms with Crippen LogP contribution in [0.1, 0.15) is 46.5 Å². The quantitative estimate of drug-likeness (QED) is 0.208. The number of carbonyl (C=O) groups excluding carboxylic acids is 1. The molecule has 1 atom stereocenters. The number of fused-ring (bicyclic) bond motifs is 1. The van der Waals surface area contributed by atoms with Crippen molar-refractivity contribution in [2.24, 2.45) is 0 Å². The lowest BCUT2D eigenvalue weighted by Gasteiger charge is -2.37. The minimum Gasteiger partial charge on any atom is -0.612 e. The number of benzene rings is 3. The van der Waals surface area contributed by atoms with E-state index in [4.69, 9.17) is 16.3 Å². The highest BCUT2D eigenvalue weighted by Crippen LogP contribution is 2.41. The highest BCUT2D eigenvalue weighted by molar-refractivity contribution is 7.90. The molecule has 0 bridgehead atoms. The number of nitrogens with zero attached hydrogens (tertiary/aromatic N) is 1. The van der Waals surface area contributed by atoms with E-state index in [9.17, 15) is 13.7 Å². The summed E-state index contributed by atoms with van der Waals surface area (Å²) < 4.78 is 32.8. The summed E-state index contributed by atoms with van der Waals surface area (Å²) in [6.45, 7) is 2.21. The second-order valence-corrected chi connectivity index (χ2v) is 13.3. The zero-order chi connectivity index (χ0) is 29.3. The predicted molar refractivity (Wildman–Crippen MR) is 167 cm³/mol. The molecule has 3 aromatic carbocycles. The van der Waals surface area contributed by atoms with E-state index < -0.39 is 11.2 Å². The first kappa shape index (κ1) is 29.9. The molecule has 216 valence electrons. The van der Waals surface area contributed by atoms with E-state index in [1.54, 1.807) is 19.4 Å². The first-order chi connectivity index (χ1) is 19.7. The average Bonchev–Trinajstić information content (AvgIpc) is 3.35. The number of carbonyl (C=O) groups is 1. The molecule has 1 aromatic heterocycles. The Morgan fingerprint density at radius 2 is 1.80 bits per heavy atom. The maximum absolute atomic E-state index is 14.8. The van der Waals surface area contributed by atoms with Gasteiger partial charge in [-0.1, -0.05) is 23.7 Å². The fourth-order valence-corrected chi connectivity index (χ4v) is 7.85. The first-order valence-corrected chi connectivity index (χ1v) is 16.4. The van der Waals surface area contributed by atoms with Crippen LogP contribution >= 0.6 is 22.9 Å². The summed E-state index contributed by atoms with van der Waals surface area (Å²) in [5.74, 6) is 0.126. The van der Waals surface area contributed by atoms with E-state index in [0.717, 1.165) is 64.2 Å². The molecule has 0 spiro atoms. The Kier molecular flexibility index (Phi) is 9.26. The van der Waals surface area contributed by atoms with E-state index in [2.05, 4.69) is 5.32 Å². The fourth-order valence-electron chi connectivity index (χ4n) is 5.70. The number of thiophene rings is 1. The number of amides is 1. The SMILES string of the molecule is CN[C@H]1CC[C@H](N(Cc2cc(-c3ccc([S+](C)[O-])cc3)ccc2OC)C(=O)c2sc3c(F)ccc(C)c3c2Cl)CC1. The molecule has 9 heteroatoms. The van der Waals surface area contributed by atoms with Gasteiger partial charge in [0.05, 0.1) is 16.8 Å². The first-order valence-electron chi connectivity index (χ1n) is 13.7. The van der Waals surface area contributed by atoms with Crippen LogP contribution < -0.4 is 10.1 Å². The van der Waals surface area contributed by atoms with Gasteiger partial charge in [-0.15, -0.1) is 11.3 Å². The summed E-state index contributed by atoms with van der Waals surface area (Å²) in [6, 6.07) is 17.2. The molecule has 1 aliphatic rings. The Balaban J connectivity index is 1.54. The van der Waals surface area contributed by atoms with Gasteiger partial charge in [-0.3, -0.25) is 4.79 Å². The number of rotatable bonds is 8. The Morgan fingerprint density at radius 3 is 2.41 bits per heavy atom. The van der Waals surface area contributed by atoms with Crippen LogP contribution in [0.2, 0.25) is 5.02 Å². The van der Waals surface area contributed by atoms with E-state index in [1.165, 1.54) is 6.07 Å². The second kappa shape index (κ2) is 12.7. The van der Waals surface area contributed by atoms with Crippen molar-refractivity contribution >= 4 is 50.1 Å². The van der Waals surface area contributed by atoms with Gasteiger partial charge in [0.2, 0.25) is 0 Å². The normalized spacial score (nSPS) is 17.9. The van der Waals surface area contributed by atoms with E-state index in [0.29, 0.717) is 38.3 Å². The van der Waals surface area contributed by atoms with Crippen molar-refractivity contribution in [3.63, 3.8) is 0 Å². The molecule has 5 nitrogen and oxygen atoms in total. The molecule has 1 N–H and O–H groups in total. The third-order valence-electron chi connectivity index (χ3n) is 8.08. The minimum absolute atomic E-state index is 0.00602. The van der Waals surface area contributed by atoms with Crippen LogP contribution in [0.15, 0.2) is 59.5 Å². The molecule has 0 radical (unpaired) electrons. The van der Waals surface area contributed by atoms with E-state index in [1.807, 2.05) is 61.3 Å². The van der Waals surface area contributed by atoms with Gasteiger partial charge in [0.15, 0.2) is 4.90 Å². The van der Waals surface area contributed by atoms with Gasteiger partial charge in [-0.2, -0.15) is 0 Å². The molecule has 1 amide bonds. The molecule has 1 unspecified atom stereocenters. The summed E-state index contributed by atoms with van der Waals surface area (Å²) in [6.07, 6.45) is 5.28. The van der Waals surface area contributed by atoms with Gasteiger partial charge in [-0.05, 0) is 110 Å². The van der Waals surface area contributed by atoms with Crippen molar-refractivity contribution in [3.8, 4) is 16.9 Å². The Morgan fingerprint density at radius 1 is 1.12 bits per heavy atom. The Hall–Kier alpha value is -2.62. The standard InChI is InChI=1S/C32H34ClFN2O3S2/c1-19-5-15-26(34)30-28(19)29(33)31(40-30)32(37)36(24-11-9-23(35-2)10-12-24)18-22-17-21(8-16-27(22)39-3)20-6-13-25(14-7-20)41(4)38/h5-8,13-17,23-24,35H,9-12,18H2,1-4H3/t23-,24-,41?. The number of halogens is 2.